The fourth-order valence-electron chi connectivity index (χ4n) is 2.65. The average Bonchev–Trinajstić information content (AvgIpc) is 2.70. The third-order valence-corrected chi connectivity index (χ3v) is 5.71. The molecule has 0 bridgehead atoms. The minimum absolute atomic E-state index is 0. The van der Waals surface area contributed by atoms with E-state index in [0.717, 1.165) is 11.5 Å². The van der Waals surface area contributed by atoms with Gasteiger partial charge in [-0.1, -0.05) is 6.07 Å². The largest absolute Gasteiger partial charge is 1.00 e. The topological polar surface area (TPSA) is 143 Å². The molecule has 33 heavy (non-hydrogen) atoms. The van der Waals surface area contributed by atoms with Gasteiger partial charge in [0, 0.05) is 17.5 Å². The summed E-state index contributed by atoms with van der Waals surface area (Å²) in [6, 6.07) is 6.97. The molecule has 170 valence electrons. The molecule has 0 atom stereocenters. The number of benzene rings is 2. The van der Waals surface area contributed by atoms with Gasteiger partial charge in [-0.3, -0.25) is 0 Å². The molecule has 0 aromatic heterocycles. The van der Waals surface area contributed by atoms with Crippen molar-refractivity contribution in [2.45, 2.75) is 5.75 Å². The summed E-state index contributed by atoms with van der Waals surface area (Å²) in [6.07, 6.45) is 1.32. The van der Waals surface area contributed by atoms with Gasteiger partial charge >= 0.3 is 59.1 Å². The standard InChI is InChI=1S/C19H23O10PS.2Na/c1-25-14-10-17(27-3)15(18(11-14)28-4)7-8-31(23,24)12-13-5-6-16(26-2)19(9-13)29-30(20,21)22;;/h5-11H,12H2,1-4H3,(H2,20,21,22);;/q;2*+1/p-2. The van der Waals surface area contributed by atoms with Crippen molar-refractivity contribution in [1.29, 1.82) is 0 Å². The van der Waals surface area contributed by atoms with Crippen LogP contribution in [0, 0.1) is 0 Å². The first-order chi connectivity index (χ1) is 14.5. The molecule has 0 aliphatic heterocycles. The van der Waals surface area contributed by atoms with E-state index in [4.69, 9.17) is 18.9 Å². The molecule has 2 aromatic rings. The monoisotopic (exact) mass is 518 g/mol. The maximum absolute atomic E-state index is 12.6. The van der Waals surface area contributed by atoms with Crippen molar-refractivity contribution in [2.75, 3.05) is 28.4 Å². The second-order valence-corrected chi connectivity index (χ2v) is 9.04. The average molecular weight is 518 g/mol. The summed E-state index contributed by atoms with van der Waals surface area (Å²) in [5.74, 6) is 0.219. The molecule has 0 saturated heterocycles. The van der Waals surface area contributed by atoms with Crippen LogP contribution in [0.1, 0.15) is 11.1 Å². The molecule has 2 aromatic carbocycles. The van der Waals surface area contributed by atoms with Gasteiger partial charge in [0.2, 0.25) is 0 Å². The Balaban J connectivity index is 0.00000512. The van der Waals surface area contributed by atoms with Crippen molar-refractivity contribution in [3.8, 4) is 28.7 Å². The van der Waals surface area contributed by atoms with Crippen LogP contribution in [0.5, 0.6) is 28.7 Å². The zero-order chi connectivity index (χ0) is 23.2. The second-order valence-electron chi connectivity index (χ2n) is 6.08. The first kappa shape index (κ1) is 32.3. The fourth-order valence-corrected chi connectivity index (χ4v) is 4.12. The fraction of sp³-hybridized carbons (Fsp3) is 0.263. The quantitative estimate of drug-likeness (QED) is 0.223. The number of ether oxygens (including phenoxy) is 4. The minimum Gasteiger partial charge on any atom is -0.780 e. The van der Waals surface area contributed by atoms with Crippen LogP contribution in [0.2, 0.25) is 0 Å². The van der Waals surface area contributed by atoms with E-state index < -0.39 is 29.2 Å². The molecule has 0 aliphatic rings. The van der Waals surface area contributed by atoms with Gasteiger partial charge < -0.3 is 37.8 Å². The molecule has 0 amide bonds. The number of methoxy groups -OCH3 is 4. The normalized spacial score (nSPS) is 11.2. The van der Waals surface area contributed by atoms with E-state index in [0.29, 0.717) is 22.8 Å². The van der Waals surface area contributed by atoms with Crippen LogP contribution in [-0.2, 0) is 20.2 Å². The summed E-state index contributed by atoms with van der Waals surface area (Å²) in [6.45, 7) is 0. The number of phosphoric acid groups is 1. The second kappa shape index (κ2) is 14.0. The Labute approximate surface area is 237 Å². The Hall–Kier alpha value is -0.720. The smallest absolute Gasteiger partial charge is 0.780 e. The van der Waals surface area contributed by atoms with Crippen LogP contribution < -0.4 is 92.4 Å². The number of rotatable bonds is 10. The molecule has 0 fully saturated rings. The van der Waals surface area contributed by atoms with E-state index in [9.17, 15) is 22.8 Å². The third-order valence-electron chi connectivity index (χ3n) is 4.00. The van der Waals surface area contributed by atoms with Crippen molar-refractivity contribution in [3.63, 3.8) is 0 Å². The van der Waals surface area contributed by atoms with Gasteiger partial charge in [0.15, 0.2) is 21.3 Å². The van der Waals surface area contributed by atoms with E-state index in [1.165, 1.54) is 46.6 Å². The Bertz CT molecular complexity index is 1090. The maximum Gasteiger partial charge on any atom is 1.00 e. The van der Waals surface area contributed by atoms with E-state index >= 15 is 0 Å². The summed E-state index contributed by atoms with van der Waals surface area (Å²) >= 11 is 0. The molecule has 0 saturated carbocycles. The van der Waals surface area contributed by atoms with E-state index in [2.05, 4.69) is 4.52 Å². The van der Waals surface area contributed by atoms with Crippen LogP contribution in [0.25, 0.3) is 6.08 Å². The third kappa shape index (κ3) is 9.81. The van der Waals surface area contributed by atoms with Gasteiger partial charge in [0.05, 0.1) is 39.8 Å². The summed E-state index contributed by atoms with van der Waals surface area (Å²) in [7, 11) is -3.62. The van der Waals surface area contributed by atoms with Crippen LogP contribution in [-0.4, -0.2) is 36.9 Å². The molecule has 0 aliphatic carbocycles. The first-order valence-electron chi connectivity index (χ1n) is 8.61. The number of sulfone groups is 1. The molecule has 0 spiro atoms. The van der Waals surface area contributed by atoms with E-state index in [-0.39, 0.29) is 70.4 Å². The summed E-state index contributed by atoms with van der Waals surface area (Å²) < 4.78 is 61.1. The zero-order valence-electron chi connectivity index (χ0n) is 19.2. The molecular weight excluding hydrogens is 497 g/mol. The molecule has 10 nitrogen and oxygen atoms in total. The molecule has 0 heterocycles. The van der Waals surface area contributed by atoms with Crippen molar-refractivity contribution in [1.82, 2.24) is 0 Å². The summed E-state index contributed by atoms with van der Waals surface area (Å²) in [5, 5.41) is 0.969. The van der Waals surface area contributed by atoms with Gasteiger partial charge in [0.25, 0.3) is 0 Å². The Morgan fingerprint density at radius 2 is 1.39 bits per heavy atom. The van der Waals surface area contributed by atoms with Crippen molar-refractivity contribution < 1.29 is 105 Å². The van der Waals surface area contributed by atoms with Gasteiger partial charge in [-0.2, -0.15) is 0 Å². The Kier molecular flexibility index (Phi) is 13.7. The SMILES string of the molecule is COc1cc(OC)c(C=CS(=O)(=O)Cc2ccc(OC)c(OP(=O)([O-])[O-])c2)c(OC)c1.[Na+].[Na+]. The number of phosphoric ester groups is 1. The Morgan fingerprint density at radius 3 is 1.85 bits per heavy atom. The predicted molar refractivity (Wildman–Crippen MR) is 109 cm³/mol. The molecule has 2 rings (SSSR count). The molecule has 14 heteroatoms. The van der Waals surface area contributed by atoms with Crippen LogP contribution >= 0.6 is 7.82 Å². The van der Waals surface area contributed by atoms with Crippen molar-refractivity contribution in [3.05, 3.63) is 46.9 Å². The van der Waals surface area contributed by atoms with Crippen molar-refractivity contribution in [2.24, 2.45) is 0 Å². The molecule has 0 radical (unpaired) electrons. The van der Waals surface area contributed by atoms with Gasteiger partial charge in [-0.25, -0.2) is 8.42 Å². The molecule has 0 unspecified atom stereocenters. The Morgan fingerprint density at radius 1 is 0.848 bits per heavy atom. The van der Waals surface area contributed by atoms with Gasteiger partial charge in [-0.05, 0) is 23.8 Å². The van der Waals surface area contributed by atoms with Gasteiger partial charge in [-0.15, -0.1) is 0 Å². The number of hydrogen-bond donors (Lipinski definition) is 0. The van der Waals surface area contributed by atoms with Crippen molar-refractivity contribution >= 4 is 23.7 Å². The summed E-state index contributed by atoms with van der Waals surface area (Å²) in [5.41, 5.74) is 0.564. The van der Waals surface area contributed by atoms with E-state index in [1.54, 1.807) is 12.1 Å². The van der Waals surface area contributed by atoms with E-state index in [1.807, 2.05) is 0 Å². The molecule has 0 N–H and O–H groups in total. The molecular formula is C19H21Na2O10PS. The first-order valence-corrected chi connectivity index (χ1v) is 11.8. The maximum atomic E-state index is 12.6. The minimum atomic E-state index is -5.36. The predicted octanol–water partition coefficient (Wildman–Crippen LogP) is -4.48. The van der Waals surface area contributed by atoms with Crippen LogP contribution in [0.3, 0.4) is 0 Å². The summed E-state index contributed by atoms with van der Waals surface area (Å²) in [4.78, 5) is 21.8. The van der Waals surface area contributed by atoms with Crippen LogP contribution in [0.15, 0.2) is 35.7 Å². The zero-order valence-corrected chi connectivity index (χ0v) is 24.9. The van der Waals surface area contributed by atoms with Crippen LogP contribution in [0.4, 0.5) is 0 Å². The number of hydrogen-bond acceptors (Lipinski definition) is 10. The van der Waals surface area contributed by atoms with Gasteiger partial charge in [0.1, 0.15) is 25.1 Å².